The lowest BCUT2D eigenvalue weighted by molar-refractivity contribution is -0.112. The fraction of sp³-hybridized carbons (Fsp3) is 0.412. The molecule has 1 fully saturated rings. The summed E-state index contributed by atoms with van der Waals surface area (Å²) in [6.07, 6.45) is 1.65. The number of anilines is 1. The first kappa shape index (κ1) is 16.8. The molecule has 0 radical (unpaired) electrons. The molecule has 1 aromatic carbocycles. The minimum Gasteiger partial charge on any atom is -0.494 e. The molecular formula is C17H22N4O2. The van der Waals surface area contributed by atoms with Crippen LogP contribution in [0.4, 0.5) is 5.69 Å². The third-order valence-corrected chi connectivity index (χ3v) is 3.64. The Morgan fingerprint density at radius 2 is 1.96 bits per heavy atom. The molecule has 2 rings (SSSR count). The molecule has 0 bridgehead atoms. The molecule has 1 aliphatic rings. The fourth-order valence-electron chi connectivity index (χ4n) is 2.27. The van der Waals surface area contributed by atoms with Crippen LogP contribution in [-0.2, 0) is 4.79 Å². The van der Waals surface area contributed by atoms with Gasteiger partial charge in [0.25, 0.3) is 5.91 Å². The van der Waals surface area contributed by atoms with Crippen molar-refractivity contribution in [3.05, 3.63) is 36.0 Å². The van der Waals surface area contributed by atoms with E-state index in [1.165, 1.54) is 0 Å². The maximum Gasteiger partial charge on any atom is 0.267 e. The number of rotatable bonds is 5. The molecule has 0 spiro atoms. The van der Waals surface area contributed by atoms with Crippen molar-refractivity contribution >= 4 is 11.6 Å². The zero-order valence-corrected chi connectivity index (χ0v) is 13.6. The summed E-state index contributed by atoms with van der Waals surface area (Å²) >= 11 is 0. The molecule has 0 saturated carbocycles. The van der Waals surface area contributed by atoms with Crippen LogP contribution in [0.15, 0.2) is 36.0 Å². The predicted molar refractivity (Wildman–Crippen MR) is 89.0 cm³/mol. The Labute approximate surface area is 136 Å². The lowest BCUT2D eigenvalue weighted by Crippen LogP contribution is -2.42. The number of carbonyl (C=O) groups is 1. The lowest BCUT2D eigenvalue weighted by atomic mass is 10.2. The summed E-state index contributed by atoms with van der Waals surface area (Å²) in [4.78, 5) is 16.5. The highest BCUT2D eigenvalue weighted by molar-refractivity contribution is 6.06. The number of nitriles is 1. The van der Waals surface area contributed by atoms with Gasteiger partial charge in [0.05, 0.1) is 6.61 Å². The van der Waals surface area contributed by atoms with Gasteiger partial charge in [0, 0.05) is 38.1 Å². The smallest absolute Gasteiger partial charge is 0.267 e. The van der Waals surface area contributed by atoms with Crippen molar-refractivity contribution in [1.82, 2.24) is 9.80 Å². The molecule has 1 N–H and O–H groups in total. The third-order valence-electron chi connectivity index (χ3n) is 3.64. The molecule has 1 heterocycles. The van der Waals surface area contributed by atoms with Crippen molar-refractivity contribution in [2.24, 2.45) is 0 Å². The zero-order chi connectivity index (χ0) is 16.7. The summed E-state index contributed by atoms with van der Waals surface area (Å²) in [5.41, 5.74) is 0.751. The molecule has 122 valence electrons. The summed E-state index contributed by atoms with van der Waals surface area (Å²) in [5, 5.41) is 12.0. The van der Waals surface area contributed by atoms with Crippen molar-refractivity contribution in [1.29, 1.82) is 5.26 Å². The summed E-state index contributed by atoms with van der Waals surface area (Å²) in [6, 6.07) is 9.07. The predicted octanol–water partition coefficient (Wildman–Crippen LogP) is 1.68. The number of hydrogen-bond donors (Lipinski definition) is 1. The summed E-state index contributed by atoms with van der Waals surface area (Å²) in [7, 11) is 2.06. The highest BCUT2D eigenvalue weighted by Crippen LogP contribution is 2.16. The zero-order valence-electron chi connectivity index (χ0n) is 13.6. The van der Waals surface area contributed by atoms with Crippen LogP contribution in [0.2, 0.25) is 0 Å². The van der Waals surface area contributed by atoms with Crippen molar-refractivity contribution in [3.8, 4) is 11.8 Å². The van der Waals surface area contributed by atoms with E-state index in [0.29, 0.717) is 12.3 Å². The van der Waals surface area contributed by atoms with E-state index in [1.54, 1.807) is 30.5 Å². The second-order valence-electron chi connectivity index (χ2n) is 5.41. The van der Waals surface area contributed by atoms with Crippen molar-refractivity contribution < 1.29 is 9.53 Å². The van der Waals surface area contributed by atoms with Gasteiger partial charge >= 0.3 is 0 Å². The lowest BCUT2D eigenvalue weighted by Gasteiger charge is -2.31. The molecule has 23 heavy (non-hydrogen) atoms. The monoisotopic (exact) mass is 314 g/mol. The second-order valence-corrected chi connectivity index (χ2v) is 5.41. The third kappa shape index (κ3) is 5.01. The topological polar surface area (TPSA) is 68.6 Å². The highest BCUT2D eigenvalue weighted by atomic mass is 16.5. The molecule has 0 atom stereocenters. The van der Waals surface area contributed by atoms with Gasteiger partial charge in [0.15, 0.2) is 0 Å². The fourth-order valence-corrected chi connectivity index (χ4v) is 2.27. The molecule has 1 aromatic rings. The molecule has 1 saturated heterocycles. The number of nitrogens with one attached hydrogen (secondary N) is 1. The molecule has 1 amide bonds. The van der Waals surface area contributed by atoms with Gasteiger partial charge in [0.2, 0.25) is 0 Å². The van der Waals surface area contributed by atoms with Gasteiger partial charge < -0.3 is 19.9 Å². The molecule has 0 unspecified atom stereocenters. The van der Waals surface area contributed by atoms with Gasteiger partial charge in [-0.15, -0.1) is 0 Å². The van der Waals surface area contributed by atoms with Crippen LogP contribution in [-0.4, -0.2) is 55.5 Å². The van der Waals surface area contributed by atoms with E-state index in [4.69, 9.17) is 4.74 Å². The number of carbonyl (C=O) groups excluding carboxylic acids is 1. The maximum atomic E-state index is 12.2. The first-order valence-corrected chi connectivity index (χ1v) is 7.71. The Hall–Kier alpha value is -2.52. The largest absolute Gasteiger partial charge is 0.494 e. The highest BCUT2D eigenvalue weighted by Gasteiger charge is 2.15. The number of piperazine rings is 1. The van der Waals surface area contributed by atoms with Crippen LogP contribution in [0.3, 0.4) is 0 Å². The molecule has 6 heteroatoms. The minimum atomic E-state index is -0.393. The van der Waals surface area contributed by atoms with E-state index in [1.807, 2.05) is 17.9 Å². The van der Waals surface area contributed by atoms with Gasteiger partial charge in [0.1, 0.15) is 17.4 Å². The molecule has 0 aliphatic carbocycles. The Balaban J connectivity index is 1.98. The normalized spacial score (nSPS) is 15.9. The molecule has 6 nitrogen and oxygen atoms in total. The molecular weight excluding hydrogens is 292 g/mol. The first-order valence-electron chi connectivity index (χ1n) is 7.71. The van der Waals surface area contributed by atoms with Crippen LogP contribution >= 0.6 is 0 Å². The van der Waals surface area contributed by atoms with E-state index in [2.05, 4.69) is 17.3 Å². The van der Waals surface area contributed by atoms with E-state index >= 15 is 0 Å². The van der Waals surface area contributed by atoms with Crippen LogP contribution in [0.5, 0.6) is 5.75 Å². The quantitative estimate of drug-likeness (QED) is 0.661. The second kappa shape index (κ2) is 8.20. The Kier molecular flexibility index (Phi) is 6.01. The maximum absolute atomic E-state index is 12.2. The number of hydrogen-bond acceptors (Lipinski definition) is 5. The van der Waals surface area contributed by atoms with Crippen molar-refractivity contribution in [2.75, 3.05) is 45.2 Å². The molecule has 1 aliphatic heterocycles. The summed E-state index contributed by atoms with van der Waals surface area (Å²) in [5.74, 6) is 0.356. The molecule has 0 aromatic heterocycles. The van der Waals surface area contributed by atoms with Crippen molar-refractivity contribution in [2.45, 2.75) is 6.92 Å². The van der Waals surface area contributed by atoms with Crippen molar-refractivity contribution in [3.63, 3.8) is 0 Å². The number of likely N-dealkylation sites (N-methyl/N-ethyl adjacent to an activating group) is 1. The van der Waals surface area contributed by atoms with Gasteiger partial charge in [-0.25, -0.2) is 0 Å². The SMILES string of the molecule is CCOc1ccc(NC(=O)/C(C#N)=C\N2CCN(C)CC2)cc1. The minimum absolute atomic E-state index is 0.114. The summed E-state index contributed by atoms with van der Waals surface area (Å²) < 4.78 is 5.36. The Morgan fingerprint density at radius 3 is 2.52 bits per heavy atom. The van der Waals surface area contributed by atoms with Gasteiger partial charge in [-0.1, -0.05) is 0 Å². The van der Waals surface area contributed by atoms with Gasteiger partial charge in [-0.2, -0.15) is 5.26 Å². The van der Waals surface area contributed by atoms with Gasteiger partial charge in [-0.3, -0.25) is 4.79 Å². The number of nitrogens with zero attached hydrogens (tertiary/aromatic N) is 3. The first-order chi connectivity index (χ1) is 11.1. The van der Waals surface area contributed by atoms with E-state index in [0.717, 1.165) is 31.9 Å². The van der Waals surface area contributed by atoms with Crippen LogP contribution in [0.25, 0.3) is 0 Å². The van der Waals surface area contributed by atoms with E-state index < -0.39 is 5.91 Å². The average molecular weight is 314 g/mol. The van der Waals surface area contributed by atoms with Crippen LogP contribution in [0.1, 0.15) is 6.92 Å². The van der Waals surface area contributed by atoms with E-state index in [-0.39, 0.29) is 5.57 Å². The summed E-state index contributed by atoms with van der Waals surface area (Å²) in [6.45, 7) is 6.00. The number of ether oxygens (including phenoxy) is 1. The van der Waals surface area contributed by atoms with Crippen LogP contribution < -0.4 is 10.1 Å². The van der Waals surface area contributed by atoms with Gasteiger partial charge in [-0.05, 0) is 38.2 Å². The standard InChI is InChI=1S/C17H22N4O2/c1-3-23-16-6-4-15(5-7-16)19-17(22)14(12-18)13-21-10-8-20(2)9-11-21/h4-7,13H,3,8-11H2,1-2H3,(H,19,22)/b14-13-. The van der Waals surface area contributed by atoms with Crippen LogP contribution in [0, 0.1) is 11.3 Å². The Morgan fingerprint density at radius 1 is 1.30 bits per heavy atom. The number of amides is 1. The average Bonchev–Trinajstić information content (AvgIpc) is 2.56. The Bertz CT molecular complexity index is 596. The number of benzene rings is 1. The van der Waals surface area contributed by atoms with E-state index in [9.17, 15) is 10.1 Å².